The molecule has 0 aliphatic carbocycles. The zero-order chi connectivity index (χ0) is 25.4. The maximum Gasteiger partial charge on any atom is 0.143 e. The van der Waals surface area contributed by atoms with Crippen LogP contribution >= 0.6 is 15.9 Å². The van der Waals surface area contributed by atoms with Gasteiger partial charge < -0.3 is 14.6 Å². The van der Waals surface area contributed by atoms with Crippen LogP contribution in [0, 0.1) is 0 Å². The number of rotatable bonds is 10. The van der Waals surface area contributed by atoms with E-state index in [1.807, 2.05) is 79.7 Å². The third kappa shape index (κ3) is 6.50. The summed E-state index contributed by atoms with van der Waals surface area (Å²) >= 11 is 3.45. The summed E-state index contributed by atoms with van der Waals surface area (Å²) < 4.78 is 13.8. The van der Waals surface area contributed by atoms with Crippen LogP contribution in [0.1, 0.15) is 23.6 Å². The summed E-state index contributed by atoms with van der Waals surface area (Å²) in [4.78, 5) is 3.98. The number of hydrogen-bond acceptors (Lipinski definition) is 5. The fourth-order valence-corrected chi connectivity index (χ4v) is 4.03. The van der Waals surface area contributed by atoms with Gasteiger partial charge in [0.2, 0.25) is 0 Å². The van der Waals surface area contributed by atoms with E-state index in [1.165, 1.54) is 6.33 Å². The van der Waals surface area contributed by atoms with Crippen LogP contribution in [-0.2, 0) is 12.1 Å². The average molecular weight is 546 g/mol. The number of ether oxygens (including phenoxy) is 2. The van der Waals surface area contributed by atoms with Crippen LogP contribution in [0.4, 0.5) is 0 Å². The second kappa shape index (κ2) is 11.8. The van der Waals surface area contributed by atoms with Crippen molar-refractivity contribution >= 4 is 27.6 Å². The van der Waals surface area contributed by atoms with Gasteiger partial charge in [-0.3, -0.25) is 0 Å². The summed E-state index contributed by atoms with van der Waals surface area (Å²) in [6.45, 7) is 2.29. The minimum atomic E-state index is -1.29. The minimum absolute atomic E-state index is 0.0572. The van der Waals surface area contributed by atoms with Crippen LogP contribution in [0.3, 0.4) is 0 Å². The van der Waals surface area contributed by atoms with E-state index in [4.69, 9.17) is 9.47 Å². The number of hydrogen-bond donors (Lipinski definition) is 1. The molecule has 1 heterocycles. The molecule has 184 valence electrons. The molecule has 1 atom stereocenters. The van der Waals surface area contributed by atoms with Gasteiger partial charge in [-0.15, -0.1) is 0 Å². The smallest absolute Gasteiger partial charge is 0.143 e. The van der Waals surface area contributed by atoms with Gasteiger partial charge in [-0.1, -0.05) is 70.6 Å². The van der Waals surface area contributed by atoms with Crippen LogP contribution < -0.4 is 9.47 Å². The van der Waals surface area contributed by atoms with Crippen molar-refractivity contribution in [3.8, 4) is 11.5 Å². The maximum absolute atomic E-state index is 11.5. The fraction of sp³-hybridized carbons (Fsp3) is 0.172. The molecule has 36 heavy (non-hydrogen) atoms. The molecule has 7 heteroatoms. The Morgan fingerprint density at radius 3 is 2.31 bits per heavy atom. The molecule has 1 aromatic heterocycles. The van der Waals surface area contributed by atoms with E-state index in [0.717, 1.165) is 32.5 Å². The predicted molar refractivity (Wildman–Crippen MR) is 146 cm³/mol. The van der Waals surface area contributed by atoms with Crippen molar-refractivity contribution < 1.29 is 14.6 Å². The van der Waals surface area contributed by atoms with E-state index in [1.54, 1.807) is 18.1 Å². The Bertz CT molecular complexity index is 1300. The molecule has 0 aliphatic rings. The number of aliphatic hydroxyl groups is 1. The normalized spacial score (nSPS) is 13.5. The lowest BCUT2D eigenvalue weighted by molar-refractivity contribution is -0.0270. The average Bonchev–Trinajstić information content (AvgIpc) is 3.42. The van der Waals surface area contributed by atoms with Gasteiger partial charge in [-0.2, -0.15) is 5.10 Å². The molecule has 0 saturated carbocycles. The van der Waals surface area contributed by atoms with Crippen LogP contribution in [0.5, 0.6) is 11.5 Å². The van der Waals surface area contributed by atoms with Crippen molar-refractivity contribution in [3.63, 3.8) is 0 Å². The maximum atomic E-state index is 11.5. The minimum Gasteiger partial charge on any atom is -0.497 e. The standard InChI is InChI=1S/C29H28BrN3O3/c1-3-23(7-4-22-5-14-27(35-2)15-6-22)24-8-16-28(17-9-24)36-19-29(34,18-33-21-31-20-32-33)25-10-12-26(30)13-11-25/h3-17,20-21,34H,18-19H2,1-2H3/b7-4+,23-3+. The SMILES string of the molecule is C/C=C(\C=C\c1ccc(OC)cc1)c1ccc(OCC(O)(Cn2cncn2)c2ccc(Br)cc2)cc1. The molecule has 0 amide bonds. The second-order valence-corrected chi connectivity index (χ2v) is 9.21. The topological polar surface area (TPSA) is 69.4 Å². The molecule has 3 aromatic carbocycles. The first kappa shape index (κ1) is 25.4. The van der Waals surface area contributed by atoms with Gasteiger partial charge in [0.1, 0.15) is 36.4 Å². The monoisotopic (exact) mass is 545 g/mol. The van der Waals surface area contributed by atoms with Gasteiger partial charge in [-0.05, 0) is 65.6 Å². The third-order valence-corrected chi connectivity index (χ3v) is 6.35. The van der Waals surface area contributed by atoms with Crippen LogP contribution in [-0.4, -0.2) is 33.6 Å². The Hall–Kier alpha value is -3.68. The molecule has 1 unspecified atom stereocenters. The number of methoxy groups -OCH3 is 1. The Morgan fingerprint density at radius 2 is 1.69 bits per heavy atom. The van der Waals surface area contributed by atoms with Gasteiger partial charge in [0.25, 0.3) is 0 Å². The van der Waals surface area contributed by atoms with Crippen LogP contribution in [0.2, 0.25) is 0 Å². The van der Waals surface area contributed by atoms with Crippen molar-refractivity contribution in [2.24, 2.45) is 0 Å². The molecule has 0 bridgehead atoms. The lowest BCUT2D eigenvalue weighted by atomic mass is 9.94. The van der Waals surface area contributed by atoms with E-state index in [9.17, 15) is 5.11 Å². The Kier molecular flexibility index (Phi) is 8.36. The van der Waals surface area contributed by atoms with Crippen molar-refractivity contribution in [2.75, 3.05) is 13.7 Å². The first-order valence-electron chi connectivity index (χ1n) is 11.5. The predicted octanol–water partition coefficient (Wildman–Crippen LogP) is 6.13. The lowest BCUT2D eigenvalue weighted by Gasteiger charge is -2.28. The zero-order valence-electron chi connectivity index (χ0n) is 20.2. The van der Waals surface area contributed by atoms with Gasteiger partial charge in [0, 0.05) is 4.47 Å². The molecule has 0 saturated heterocycles. The summed E-state index contributed by atoms with van der Waals surface area (Å²) in [6, 6.07) is 23.3. The van der Waals surface area contributed by atoms with Crippen molar-refractivity contribution in [3.05, 3.63) is 119 Å². The van der Waals surface area contributed by atoms with Crippen LogP contribution in [0.15, 0.2) is 102 Å². The summed E-state index contributed by atoms with van der Waals surface area (Å²) in [7, 11) is 1.66. The van der Waals surface area contributed by atoms with E-state index in [-0.39, 0.29) is 13.2 Å². The van der Waals surface area contributed by atoms with E-state index in [2.05, 4.69) is 44.2 Å². The van der Waals surface area contributed by atoms with Gasteiger partial charge in [-0.25, -0.2) is 9.67 Å². The number of nitrogens with zero attached hydrogens (tertiary/aromatic N) is 3. The molecule has 6 nitrogen and oxygen atoms in total. The zero-order valence-corrected chi connectivity index (χ0v) is 21.8. The molecular weight excluding hydrogens is 518 g/mol. The van der Waals surface area contributed by atoms with Crippen molar-refractivity contribution in [1.82, 2.24) is 14.8 Å². The summed E-state index contributed by atoms with van der Waals surface area (Å²) in [5.41, 5.74) is 2.70. The Morgan fingerprint density at radius 1 is 1.00 bits per heavy atom. The highest BCUT2D eigenvalue weighted by atomic mass is 79.9. The molecule has 0 spiro atoms. The molecule has 0 fully saturated rings. The molecule has 0 radical (unpaired) electrons. The van der Waals surface area contributed by atoms with E-state index >= 15 is 0 Å². The fourth-order valence-electron chi connectivity index (χ4n) is 3.77. The number of halogens is 1. The van der Waals surface area contributed by atoms with Crippen molar-refractivity contribution in [1.29, 1.82) is 0 Å². The van der Waals surface area contributed by atoms with Gasteiger partial charge in [0.05, 0.1) is 13.7 Å². The third-order valence-electron chi connectivity index (χ3n) is 5.82. The molecule has 4 rings (SSSR count). The largest absolute Gasteiger partial charge is 0.497 e. The second-order valence-electron chi connectivity index (χ2n) is 8.30. The number of aromatic nitrogens is 3. The Labute approximate surface area is 219 Å². The quantitative estimate of drug-likeness (QED) is 0.242. The molecule has 1 N–H and O–H groups in total. The highest BCUT2D eigenvalue weighted by Gasteiger charge is 2.31. The van der Waals surface area contributed by atoms with Gasteiger partial charge >= 0.3 is 0 Å². The van der Waals surface area contributed by atoms with Crippen molar-refractivity contribution in [2.45, 2.75) is 19.1 Å². The number of benzene rings is 3. The van der Waals surface area contributed by atoms with E-state index < -0.39 is 5.60 Å². The Balaban J connectivity index is 1.45. The lowest BCUT2D eigenvalue weighted by Crippen LogP contribution is -2.38. The van der Waals surface area contributed by atoms with E-state index in [0.29, 0.717) is 5.75 Å². The molecule has 4 aromatic rings. The molecule has 0 aliphatic heterocycles. The summed E-state index contributed by atoms with van der Waals surface area (Å²) in [6.07, 6.45) is 9.25. The number of allylic oxidation sites excluding steroid dienone is 3. The van der Waals surface area contributed by atoms with Gasteiger partial charge in [0.15, 0.2) is 0 Å². The first-order valence-corrected chi connectivity index (χ1v) is 12.3. The first-order chi connectivity index (χ1) is 17.5. The molecular formula is C29H28BrN3O3. The highest BCUT2D eigenvalue weighted by molar-refractivity contribution is 9.10. The van der Waals surface area contributed by atoms with Crippen LogP contribution in [0.25, 0.3) is 11.6 Å². The summed E-state index contributed by atoms with van der Waals surface area (Å²) in [5.74, 6) is 1.50. The summed E-state index contributed by atoms with van der Waals surface area (Å²) in [5, 5.41) is 15.7. The highest BCUT2D eigenvalue weighted by Crippen LogP contribution is 2.27.